The van der Waals surface area contributed by atoms with Gasteiger partial charge in [-0.15, -0.1) is 0 Å². The first-order valence-corrected chi connectivity index (χ1v) is 6.82. The minimum absolute atomic E-state index is 0.151. The maximum Gasteiger partial charge on any atom is 0.243 e. The van der Waals surface area contributed by atoms with Crippen LogP contribution in [0.15, 0.2) is 35.2 Å². The van der Waals surface area contributed by atoms with E-state index >= 15 is 0 Å². The maximum atomic E-state index is 13.1. The Morgan fingerprint density at radius 3 is 2.39 bits per heavy atom. The Kier molecular flexibility index (Phi) is 4.59. The van der Waals surface area contributed by atoms with Crippen molar-refractivity contribution in [1.82, 2.24) is 4.31 Å². The van der Waals surface area contributed by atoms with Gasteiger partial charge in [0.2, 0.25) is 10.0 Å². The van der Waals surface area contributed by atoms with E-state index in [4.69, 9.17) is 0 Å². The Morgan fingerprint density at radius 1 is 1.33 bits per heavy atom. The van der Waals surface area contributed by atoms with E-state index in [2.05, 4.69) is 6.58 Å². The van der Waals surface area contributed by atoms with Crippen molar-refractivity contribution in [2.45, 2.75) is 18.7 Å². The number of hydrogen-bond acceptors (Lipinski definition) is 2. The fourth-order valence-corrected chi connectivity index (χ4v) is 2.97. The van der Waals surface area contributed by atoms with Gasteiger partial charge < -0.3 is 0 Å². The van der Waals surface area contributed by atoms with Crippen LogP contribution in [-0.2, 0) is 10.0 Å². The molecular weight excluding hydrogens is 260 g/mol. The number of sulfonamides is 1. The average molecular weight is 275 g/mol. The fourth-order valence-electron chi connectivity index (χ4n) is 1.45. The van der Waals surface area contributed by atoms with Crippen LogP contribution < -0.4 is 0 Å². The quantitative estimate of drug-likeness (QED) is 0.774. The van der Waals surface area contributed by atoms with Crippen LogP contribution in [0, 0.1) is 11.6 Å². The van der Waals surface area contributed by atoms with E-state index in [9.17, 15) is 17.2 Å². The van der Waals surface area contributed by atoms with Crippen molar-refractivity contribution < 1.29 is 17.2 Å². The lowest BCUT2D eigenvalue weighted by molar-refractivity contribution is 0.450. The van der Waals surface area contributed by atoms with Crippen molar-refractivity contribution in [3.05, 3.63) is 42.0 Å². The molecule has 0 heterocycles. The van der Waals surface area contributed by atoms with Gasteiger partial charge in [0, 0.05) is 13.1 Å². The first-order chi connectivity index (χ1) is 8.28. The SMILES string of the molecule is C=C(C)CN(CC)S(=O)(=O)c1ccc(F)c(F)c1. The number of halogens is 2. The smallest absolute Gasteiger partial charge is 0.207 e. The molecule has 0 amide bonds. The monoisotopic (exact) mass is 275 g/mol. The van der Waals surface area contributed by atoms with E-state index in [0.717, 1.165) is 16.4 Å². The van der Waals surface area contributed by atoms with Crippen molar-refractivity contribution in [3.8, 4) is 0 Å². The summed E-state index contributed by atoms with van der Waals surface area (Å²) in [6, 6.07) is 2.54. The third kappa shape index (κ3) is 3.14. The molecule has 0 aliphatic heterocycles. The molecule has 0 aromatic heterocycles. The van der Waals surface area contributed by atoms with Crippen molar-refractivity contribution >= 4 is 10.0 Å². The molecule has 0 saturated heterocycles. The van der Waals surface area contributed by atoms with Crippen LogP contribution in [0.25, 0.3) is 0 Å². The van der Waals surface area contributed by atoms with E-state index in [1.807, 2.05) is 0 Å². The topological polar surface area (TPSA) is 37.4 Å². The second-order valence-corrected chi connectivity index (χ2v) is 5.90. The molecule has 1 aromatic carbocycles. The van der Waals surface area contributed by atoms with Crippen molar-refractivity contribution in [3.63, 3.8) is 0 Å². The summed E-state index contributed by atoms with van der Waals surface area (Å²) in [6.07, 6.45) is 0. The lowest BCUT2D eigenvalue weighted by Crippen LogP contribution is -2.32. The molecule has 0 atom stereocenters. The summed E-state index contributed by atoms with van der Waals surface area (Å²) >= 11 is 0. The first-order valence-electron chi connectivity index (χ1n) is 5.38. The molecule has 3 nitrogen and oxygen atoms in total. The van der Waals surface area contributed by atoms with Gasteiger partial charge in [0.25, 0.3) is 0 Å². The molecule has 6 heteroatoms. The first kappa shape index (κ1) is 14.8. The van der Waals surface area contributed by atoms with E-state index in [1.165, 1.54) is 0 Å². The summed E-state index contributed by atoms with van der Waals surface area (Å²) in [5, 5.41) is 0. The number of hydrogen-bond donors (Lipinski definition) is 0. The number of rotatable bonds is 5. The lowest BCUT2D eigenvalue weighted by Gasteiger charge is -2.20. The normalized spacial score (nSPS) is 11.8. The molecule has 0 aliphatic rings. The largest absolute Gasteiger partial charge is 0.243 e. The van der Waals surface area contributed by atoms with Gasteiger partial charge in [0.1, 0.15) is 0 Å². The van der Waals surface area contributed by atoms with Gasteiger partial charge in [-0.2, -0.15) is 4.31 Å². The summed E-state index contributed by atoms with van der Waals surface area (Å²) < 4.78 is 51.3. The molecular formula is C12H15F2NO2S. The highest BCUT2D eigenvalue weighted by atomic mass is 32.2. The minimum atomic E-state index is -3.82. The molecule has 1 aromatic rings. The molecule has 0 N–H and O–H groups in total. The summed E-state index contributed by atoms with van der Waals surface area (Å²) in [4.78, 5) is -0.260. The Hall–Kier alpha value is -1.27. The molecule has 100 valence electrons. The molecule has 0 aliphatic carbocycles. The predicted molar refractivity (Wildman–Crippen MR) is 65.6 cm³/mol. The Balaban J connectivity index is 3.18. The molecule has 18 heavy (non-hydrogen) atoms. The standard InChI is InChI=1S/C12H15F2NO2S/c1-4-15(8-9(2)3)18(16,17)10-5-6-11(13)12(14)7-10/h5-7H,2,4,8H2,1,3H3. The molecule has 1 rings (SSSR count). The highest BCUT2D eigenvalue weighted by molar-refractivity contribution is 7.89. The third-order valence-electron chi connectivity index (χ3n) is 2.33. The van der Waals surface area contributed by atoms with E-state index < -0.39 is 21.7 Å². The highest BCUT2D eigenvalue weighted by Crippen LogP contribution is 2.19. The van der Waals surface area contributed by atoms with Crippen LogP contribution in [0.3, 0.4) is 0 Å². The molecule has 0 spiro atoms. The second kappa shape index (κ2) is 5.58. The zero-order chi connectivity index (χ0) is 13.9. The zero-order valence-corrected chi connectivity index (χ0v) is 11.1. The van der Waals surface area contributed by atoms with Crippen LogP contribution in [0.1, 0.15) is 13.8 Å². The van der Waals surface area contributed by atoms with Crippen LogP contribution in [-0.4, -0.2) is 25.8 Å². The van der Waals surface area contributed by atoms with Crippen LogP contribution in [0.2, 0.25) is 0 Å². The Labute approximate surface area is 106 Å². The Bertz CT molecular complexity index is 555. The van der Waals surface area contributed by atoms with E-state index in [0.29, 0.717) is 11.6 Å². The van der Waals surface area contributed by atoms with Gasteiger partial charge in [-0.3, -0.25) is 0 Å². The van der Waals surface area contributed by atoms with Gasteiger partial charge in [-0.25, -0.2) is 17.2 Å². The summed E-state index contributed by atoms with van der Waals surface area (Å²) in [6.45, 7) is 7.39. The minimum Gasteiger partial charge on any atom is -0.207 e. The van der Waals surface area contributed by atoms with Gasteiger partial charge in [0.15, 0.2) is 11.6 Å². The molecule has 0 unspecified atom stereocenters. The van der Waals surface area contributed by atoms with Gasteiger partial charge >= 0.3 is 0 Å². The molecule has 0 fully saturated rings. The van der Waals surface area contributed by atoms with Crippen molar-refractivity contribution in [1.29, 1.82) is 0 Å². The van der Waals surface area contributed by atoms with Gasteiger partial charge in [-0.1, -0.05) is 19.1 Å². The van der Waals surface area contributed by atoms with Crippen molar-refractivity contribution in [2.75, 3.05) is 13.1 Å². The molecule has 0 radical (unpaired) electrons. The highest BCUT2D eigenvalue weighted by Gasteiger charge is 2.24. The summed E-state index contributed by atoms with van der Waals surface area (Å²) in [7, 11) is -3.82. The Morgan fingerprint density at radius 2 is 1.94 bits per heavy atom. The average Bonchev–Trinajstić information content (AvgIpc) is 2.28. The maximum absolute atomic E-state index is 13.1. The summed E-state index contributed by atoms with van der Waals surface area (Å²) in [5.74, 6) is -2.25. The third-order valence-corrected chi connectivity index (χ3v) is 4.24. The van der Waals surface area contributed by atoms with E-state index in [-0.39, 0.29) is 18.0 Å². The number of benzene rings is 1. The van der Waals surface area contributed by atoms with Crippen LogP contribution in [0.4, 0.5) is 8.78 Å². The molecule has 0 bridgehead atoms. The van der Waals surface area contributed by atoms with Crippen LogP contribution in [0.5, 0.6) is 0 Å². The number of likely N-dealkylation sites (N-methyl/N-ethyl adjacent to an activating group) is 1. The number of nitrogens with zero attached hydrogens (tertiary/aromatic N) is 1. The zero-order valence-electron chi connectivity index (χ0n) is 10.3. The van der Waals surface area contributed by atoms with Crippen molar-refractivity contribution in [2.24, 2.45) is 0 Å². The van der Waals surface area contributed by atoms with Crippen LogP contribution >= 0.6 is 0 Å². The fraction of sp³-hybridized carbons (Fsp3) is 0.333. The van der Waals surface area contributed by atoms with E-state index in [1.54, 1.807) is 13.8 Å². The predicted octanol–water partition coefficient (Wildman–Crippen LogP) is 2.55. The van der Waals surface area contributed by atoms with Gasteiger partial charge in [-0.05, 0) is 25.1 Å². The second-order valence-electron chi connectivity index (χ2n) is 3.96. The summed E-state index contributed by atoms with van der Waals surface area (Å²) in [5.41, 5.74) is 0.669. The lowest BCUT2D eigenvalue weighted by atomic mass is 10.3. The van der Waals surface area contributed by atoms with Gasteiger partial charge in [0.05, 0.1) is 4.90 Å². The molecule has 0 saturated carbocycles.